The molecule has 0 radical (unpaired) electrons. The van der Waals surface area contributed by atoms with Gasteiger partial charge in [-0.1, -0.05) is 60.1 Å². The lowest BCUT2D eigenvalue weighted by Crippen LogP contribution is -2.24. The molecule has 27 heavy (non-hydrogen) atoms. The first-order chi connectivity index (χ1) is 13.1. The van der Waals surface area contributed by atoms with E-state index in [1.54, 1.807) is 30.3 Å². The van der Waals surface area contributed by atoms with Crippen LogP contribution in [0.3, 0.4) is 0 Å². The zero-order chi connectivity index (χ0) is 19.1. The van der Waals surface area contributed by atoms with E-state index in [1.165, 1.54) is 0 Å². The van der Waals surface area contributed by atoms with E-state index >= 15 is 0 Å². The lowest BCUT2D eigenvalue weighted by atomic mass is 10.1. The fourth-order valence-corrected chi connectivity index (χ4v) is 2.77. The van der Waals surface area contributed by atoms with Gasteiger partial charge in [0.25, 0.3) is 11.8 Å². The van der Waals surface area contributed by atoms with Gasteiger partial charge < -0.3 is 10.6 Å². The Morgan fingerprint density at radius 1 is 0.667 bits per heavy atom. The summed E-state index contributed by atoms with van der Waals surface area (Å²) >= 11 is 6.09. The summed E-state index contributed by atoms with van der Waals surface area (Å²) in [6.07, 6.45) is 0. The number of halogens is 1. The second-order valence-corrected chi connectivity index (χ2v) is 6.43. The molecule has 0 unspecified atom stereocenters. The molecule has 3 aromatic rings. The first-order valence-corrected chi connectivity index (χ1v) is 8.95. The molecule has 5 heteroatoms. The lowest BCUT2D eigenvalue weighted by Gasteiger charge is -2.08. The van der Waals surface area contributed by atoms with Crippen molar-refractivity contribution < 1.29 is 9.59 Å². The molecule has 0 aliphatic carbocycles. The third-order valence-electron chi connectivity index (χ3n) is 4.10. The molecule has 0 atom stereocenters. The predicted octanol–water partition coefficient (Wildman–Crippen LogP) is 4.20. The minimum absolute atomic E-state index is 0.128. The van der Waals surface area contributed by atoms with Crippen LogP contribution in [0.1, 0.15) is 31.8 Å². The van der Waals surface area contributed by atoms with E-state index in [0.29, 0.717) is 29.2 Å². The highest BCUT2D eigenvalue weighted by Gasteiger charge is 2.08. The third kappa shape index (κ3) is 5.19. The van der Waals surface area contributed by atoms with Gasteiger partial charge in [0.15, 0.2) is 0 Å². The molecular formula is C22H19ClN2O2. The van der Waals surface area contributed by atoms with Crippen molar-refractivity contribution in [2.24, 2.45) is 0 Å². The molecule has 0 aliphatic heterocycles. The number of nitrogens with one attached hydrogen (secondary N) is 2. The quantitative estimate of drug-likeness (QED) is 0.675. The van der Waals surface area contributed by atoms with E-state index in [2.05, 4.69) is 10.6 Å². The van der Waals surface area contributed by atoms with Crippen molar-refractivity contribution in [3.8, 4) is 0 Å². The Morgan fingerprint density at radius 3 is 1.89 bits per heavy atom. The van der Waals surface area contributed by atoms with E-state index in [9.17, 15) is 9.59 Å². The molecular weight excluding hydrogens is 360 g/mol. The Bertz CT molecular complexity index is 925. The first-order valence-electron chi connectivity index (χ1n) is 8.57. The zero-order valence-corrected chi connectivity index (χ0v) is 15.4. The van der Waals surface area contributed by atoms with Crippen LogP contribution in [0, 0.1) is 0 Å². The number of carbonyl (C=O) groups is 2. The first kappa shape index (κ1) is 18.7. The Morgan fingerprint density at radius 2 is 1.22 bits per heavy atom. The number of rotatable bonds is 6. The zero-order valence-electron chi connectivity index (χ0n) is 14.6. The van der Waals surface area contributed by atoms with E-state index in [4.69, 9.17) is 11.6 Å². The molecule has 3 rings (SSSR count). The summed E-state index contributed by atoms with van der Waals surface area (Å²) in [6.45, 7) is 0.767. The second kappa shape index (κ2) is 9.01. The van der Waals surface area contributed by atoms with Crippen LogP contribution < -0.4 is 10.6 Å². The van der Waals surface area contributed by atoms with Crippen molar-refractivity contribution in [1.82, 2.24) is 10.6 Å². The monoisotopic (exact) mass is 378 g/mol. The number of hydrogen-bond donors (Lipinski definition) is 2. The largest absolute Gasteiger partial charge is 0.348 e. The minimum atomic E-state index is -0.171. The van der Waals surface area contributed by atoms with Crippen molar-refractivity contribution in [1.29, 1.82) is 0 Å². The van der Waals surface area contributed by atoms with Crippen molar-refractivity contribution in [3.05, 3.63) is 106 Å². The second-order valence-electron chi connectivity index (χ2n) is 6.02. The van der Waals surface area contributed by atoms with Crippen molar-refractivity contribution in [2.75, 3.05) is 0 Å². The molecule has 3 aromatic carbocycles. The molecule has 0 fully saturated rings. The molecule has 0 bridgehead atoms. The molecule has 0 spiro atoms. The number of amides is 2. The van der Waals surface area contributed by atoms with Gasteiger partial charge in [-0.2, -0.15) is 0 Å². The van der Waals surface area contributed by atoms with E-state index in [1.807, 2.05) is 48.5 Å². The van der Waals surface area contributed by atoms with Crippen molar-refractivity contribution in [3.63, 3.8) is 0 Å². The van der Waals surface area contributed by atoms with Crippen molar-refractivity contribution >= 4 is 23.4 Å². The molecule has 0 aliphatic rings. The Kier molecular flexibility index (Phi) is 6.23. The average Bonchev–Trinajstić information content (AvgIpc) is 2.72. The smallest absolute Gasteiger partial charge is 0.251 e. The molecule has 0 aromatic heterocycles. The summed E-state index contributed by atoms with van der Waals surface area (Å²) in [5.74, 6) is -0.299. The summed E-state index contributed by atoms with van der Waals surface area (Å²) in [6, 6.07) is 23.6. The van der Waals surface area contributed by atoms with Crippen LogP contribution in [0.5, 0.6) is 0 Å². The summed E-state index contributed by atoms with van der Waals surface area (Å²) in [4.78, 5) is 24.3. The lowest BCUT2D eigenvalue weighted by molar-refractivity contribution is 0.0941. The van der Waals surface area contributed by atoms with Crippen LogP contribution in [-0.4, -0.2) is 11.8 Å². The Hall–Kier alpha value is -3.11. The molecule has 0 saturated heterocycles. The molecule has 2 N–H and O–H groups in total. The maximum atomic E-state index is 12.3. The molecule has 0 saturated carbocycles. The Balaban J connectivity index is 1.53. The van der Waals surface area contributed by atoms with Crippen molar-refractivity contribution in [2.45, 2.75) is 13.1 Å². The highest BCUT2D eigenvalue weighted by molar-refractivity contribution is 6.31. The Labute approximate surface area is 163 Å². The van der Waals surface area contributed by atoms with Crippen LogP contribution in [-0.2, 0) is 13.1 Å². The molecule has 4 nitrogen and oxygen atoms in total. The summed E-state index contributed by atoms with van der Waals surface area (Å²) in [5, 5.41) is 6.34. The van der Waals surface area contributed by atoms with Gasteiger partial charge in [-0.05, 0) is 41.5 Å². The SMILES string of the molecule is O=C(NCc1ccc(C(=O)NCc2ccccc2Cl)cc1)c1ccccc1. The van der Waals surface area contributed by atoms with Gasteiger partial charge in [0.1, 0.15) is 0 Å². The van der Waals surface area contributed by atoms with Crippen LogP contribution in [0.25, 0.3) is 0 Å². The third-order valence-corrected chi connectivity index (χ3v) is 4.47. The van der Waals surface area contributed by atoms with Crippen LogP contribution in [0.2, 0.25) is 5.02 Å². The van der Waals surface area contributed by atoms with Gasteiger partial charge in [0.2, 0.25) is 0 Å². The van der Waals surface area contributed by atoms with Gasteiger partial charge in [-0.15, -0.1) is 0 Å². The summed E-state index contributed by atoms with van der Waals surface area (Å²) in [5.41, 5.74) is 2.96. The fraction of sp³-hybridized carbons (Fsp3) is 0.0909. The van der Waals surface area contributed by atoms with Crippen LogP contribution in [0.4, 0.5) is 0 Å². The molecule has 2 amide bonds. The average molecular weight is 379 g/mol. The fourth-order valence-electron chi connectivity index (χ4n) is 2.57. The van der Waals surface area contributed by atoms with E-state index in [0.717, 1.165) is 11.1 Å². The number of benzene rings is 3. The predicted molar refractivity (Wildman–Crippen MR) is 107 cm³/mol. The number of carbonyl (C=O) groups excluding carboxylic acids is 2. The van der Waals surface area contributed by atoms with Gasteiger partial charge in [0.05, 0.1) is 0 Å². The topological polar surface area (TPSA) is 58.2 Å². The van der Waals surface area contributed by atoms with Crippen LogP contribution in [0.15, 0.2) is 78.9 Å². The van der Waals surface area contributed by atoms with E-state index in [-0.39, 0.29) is 11.8 Å². The maximum absolute atomic E-state index is 12.3. The van der Waals surface area contributed by atoms with Crippen LogP contribution >= 0.6 is 11.6 Å². The van der Waals surface area contributed by atoms with Gasteiger partial charge in [0, 0.05) is 29.2 Å². The van der Waals surface area contributed by atoms with Gasteiger partial charge in [-0.25, -0.2) is 0 Å². The van der Waals surface area contributed by atoms with Gasteiger partial charge >= 0.3 is 0 Å². The minimum Gasteiger partial charge on any atom is -0.348 e. The molecule has 0 heterocycles. The highest BCUT2D eigenvalue weighted by Crippen LogP contribution is 2.14. The summed E-state index contributed by atoms with van der Waals surface area (Å²) < 4.78 is 0. The van der Waals surface area contributed by atoms with Gasteiger partial charge in [-0.3, -0.25) is 9.59 Å². The number of hydrogen-bond acceptors (Lipinski definition) is 2. The highest BCUT2D eigenvalue weighted by atomic mass is 35.5. The maximum Gasteiger partial charge on any atom is 0.251 e. The normalized spacial score (nSPS) is 10.3. The molecule has 136 valence electrons. The van der Waals surface area contributed by atoms with E-state index < -0.39 is 0 Å². The summed E-state index contributed by atoms with van der Waals surface area (Å²) in [7, 11) is 0. The standard InChI is InChI=1S/C22H19ClN2O2/c23-20-9-5-4-8-19(20)15-25-22(27)18-12-10-16(11-13-18)14-24-21(26)17-6-2-1-3-7-17/h1-13H,14-15H2,(H,24,26)(H,25,27).